The summed E-state index contributed by atoms with van der Waals surface area (Å²) in [5.74, 6) is 1.92. The van der Waals surface area contributed by atoms with Gasteiger partial charge < -0.3 is 15.4 Å². The number of nitrogens with zero attached hydrogens (tertiary/aromatic N) is 4. The fraction of sp³-hybridized carbons (Fsp3) is 0.286. The van der Waals surface area contributed by atoms with E-state index >= 15 is 0 Å². The maximum atomic E-state index is 12.5. The zero-order valence-electron chi connectivity index (χ0n) is 15.9. The van der Waals surface area contributed by atoms with E-state index in [9.17, 15) is 4.79 Å². The zero-order valence-corrected chi connectivity index (χ0v) is 16.6. The van der Waals surface area contributed by atoms with Gasteiger partial charge in [-0.25, -0.2) is 4.98 Å². The minimum atomic E-state index is -0.189. The Bertz CT molecular complexity index is 1020. The van der Waals surface area contributed by atoms with Gasteiger partial charge in [-0.05, 0) is 49.2 Å². The molecular weight excluding hydrogens is 390 g/mol. The molecule has 0 spiro atoms. The first-order valence-electron chi connectivity index (χ1n) is 9.50. The van der Waals surface area contributed by atoms with Gasteiger partial charge in [0.1, 0.15) is 18.2 Å². The fourth-order valence-corrected chi connectivity index (χ4v) is 3.47. The molecule has 4 rings (SSSR count). The van der Waals surface area contributed by atoms with Crippen molar-refractivity contribution in [3.8, 4) is 11.4 Å². The first-order valence-corrected chi connectivity index (χ1v) is 9.87. The van der Waals surface area contributed by atoms with Gasteiger partial charge in [-0.15, -0.1) is 0 Å². The lowest BCUT2D eigenvalue weighted by Crippen LogP contribution is -2.23. The highest BCUT2D eigenvalue weighted by Gasteiger charge is 2.22. The van der Waals surface area contributed by atoms with Gasteiger partial charge in [0.2, 0.25) is 0 Å². The van der Waals surface area contributed by atoms with Crippen LogP contribution in [-0.4, -0.2) is 34.2 Å². The fourth-order valence-electron chi connectivity index (χ4n) is 3.35. The molecule has 1 saturated heterocycles. The molecule has 29 heavy (non-hydrogen) atoms. The summed E-state index contributed by atoms with van der Waals surface area (Å²) in [4.78, 5) is 23.4. The van der Waals surface area contributed by atoms with E-state index < -0.39 is 0 Å². The summed E-state index contributed by atoms with van der Waals surface area (Å²) in [6.07, 6.45) is 6.05. The van der Waals surface area contributed by atoms with Crippen LogP contribution in [0.2, 0.25) is 5.02 Å². The van der Waals surface area contributed by atoms with Gasteiger partial charge in [-0.1, -0.05) is 11.6 Å². The third-order valence-electron chi connectivity index (χ3n) is 5.02. The van der Waals surface area contributed by atoms with Gasteiger partial charge in [0.25, 0.3) is 5.56 Å². The molecule has 2 N–H and O–H groups in total. The Morgan fingerprint density at radius 3 is 2.72 bits per heavy atom. The summed E-state index contributed by atoms with van der Waals surface area (Å²) >= 11 is 5.82. The lowest BCUT2D eigenvalue weighted by molar-refractivity contribution is 0.300. The van der Waals surface area contributed by atoms with Gasteiger partial charge in [-0.2, -0.15) is 0 Å². The van der Waals surface area contributed by atoms with E-state index in [-0.39, 0.29) is 12.2 Å². The van der Waals surface area contributed by atoms with Crippen LogP contribution in [0.25, 0.3) is 5.69 Å². The molecular formula is C21H22ClN5O2. The molecule has 3 aromatic rings. The summed E-state index contributed by atoms with van der Waals surface area (Å²) in [5.41, 5.74) is 7.01. The lowest BCUT2D eigenvalue weighted by atomic mass is 10.1. The predicted molar refractivity (Wildman–Crippen MR) is 113 cm³/mol. The topological polar surface area (TPSA) is 86.3 Å². The van der Waals surface area contributed by atoms with E-state index in [4.69, 9.17) is 22.1 Å². The number of nitrogens with two attached hydrogens (primary N) is 1. The van der Waals surface area contributed by atoms with Crippen molar-refractivity contribution in [1.29, 1.82) is 0 Å². The van der Waals surface area contributed by atoms with Crippen LogP contribution >= 0.6 is 11.6 Å². The Morgan fingerprint density at radius 2 is 2.07 bits per heavy atom. The normalized spacial score (nSPS) is 16.2. The molecule has 1 aliphatic rings. The quantitative estimate of drug-likeness (QED) is 0.671. The van der Waals surface area contributed by atoms with Gasteiger partial charge >= 0.3 is 0 Å². The van der Waals surface area contributed by atoms with E-state index in [1.165, 1.54) is 10.6 Å². The number of hydrogen-bond donors (Lipinski definition) is 1. The number of pyridine rings is 3. The van der Waals surface area contributed by atoms with Crippen molar-refractivity contribution in [2.24, 2.45) is 11.7 Å². The molecule has 150 valence electrons. The summed E-state index contributed by atoms with van der Waals surface area (Å²) in [6, 6.07) is 10.6. The Kier molecular flexibility index (Phi) is 5.78. The van der Waals surface area contributed by atoms with E-state index in [2.05, 4.69) is 14.9 Å². The molecule has 0 radical (unpaired) electrons. The average Bonchev–Trinajstić information content (AvgIpc) is 3.23. The molecule has 0 bridgehead atoms. The van der Waals surface area contributed by atoms with Crippen molar-refractivity contribution in [3.63, 3.8) is 0 Å². The monoisotopic (exact) mass is 411 g/mol. The van der Waals surface area contributed by atoms with Crippen LogP contribution in [0.1, 0.15) is 12.1 Å². The number of halogens is 1. The minimum absolute atomic E-state index is 0.189. The smallest absolute Gasteiger partial charge is 0.258 e. The number of aromatic nitrogens is 3. The molecule has 7 nitrogen and oxygen atoms in total. The van der Waals surface area contributed by atoms with E-state index in [0.29, 0.717) is 28.9 Å². The predicted octanol–water partition coefficient (Wildman–Crippen LogP) is 2.64. The maximum absolute atomic E-state index is 12.5. The number of hydrogen-bond acceptors (Lipinski definition) is 6. The highest BCUT2D eigenvalue weighted by molar-refractivity contribution is 6.30. The second-order valence-corrected chi connectivity index (χ2v) is 7.47. The SMILES string of the molecule is NCC1CCN(c2ccc(-n3ccc(OCc4ccc(Cl)cn4)cc3=O)cn2)C1. The second-order valence-electron chi connectivity index (χ2n) is 7.04. The highest BCUT2D eigenvalue weighted by atomic mass is 35.5. The summed E-state index contributed by atoms with van der Waals surface area (Å²) in [5, 5.41) is 0.569. The molecule has 1 fully saturated rings. The lowest BCUT2D eigenvalue weighted by Gasteiger charge is -2.17. The Hall–Kier alpha value is -2.90. The van der Waals surface area contributed by atoms with Crippen LogP contribution in [0.4, 0.5) is 5.82 Å². The van der Waals surface area contributed by atoms with E-state index in [0.717, 1.165) is 31.0 Å². The Balaban J connectivity index is 1.43. The van der Waals surface area contributed by atoms with Crippen LogP contribution in [0.3, 0.4) is 0 Å². The number of rotatable bonds is 6. The van der Waals surface area contributed by atoms with Crippen molar-refractivity contribution in [1.82, 2.24) is 14.5 Å². The standard InChI is InChI=1S/C21H22ClN5O2/c22-16-1-2-17(24-11-16)14-29-19-6-8-27(21(28)9-19)18-3-4-20(25-12-18)26-7-5-15(10-23)13-26/h1-4,6,8-9,11-12,15H,5,7,10,13-14,23H2. The first-order chi connectivity index (χ1) is 14.1. The second kappa shape index (κ2) is 8.63. The molecule has 1 aliphatic heterocycles. The Labute approximate surface area is 173 Å². The van der Waals surface area contributed by atoms with Crippen LogP contribution in [-0.2, 0) is 6.61 Å². The summed E-state index contributed by atoms with van der Waals surface area (Å²) in [7, 11) is 0. The minimum Gasteiger partial charge on any atom is -0.487 e. The molecule has 0 amide bonds. The molecule has 0 aromatic carbocycles. The van der Waals surface area contributed by atoms with Gasteiger partial charge in [0.05, 0.1) is 22.6 Å². The van der Waals surface area contributed by atoms with Crippen molar-refractivity contribution >= 4 is 17.4 Å². The van der Waals surface area contributed by atoms with Gasteiger partial charge in [0, 0.05) is 31.5 Å². The van der Waals surface area contributed by atoms with Crippen molar-refractivity contribution < 1.29 is 4.74 Å². The van der Waals surface area contributed by atoms with Crippen LogP contribution in [0.5, 0.6) is 5.75 Å². The number of anilines is 1. The molecule has 1 atom stereocenters. The van der Waals surface area contributed by atoms with Gasteiger partial charge in [0.15, 0.2) is 0 Å². The van der Waals surface area contributed by atoms with E-state index in [1.54, 1.807) is 36.8 Å². The largest absolute Gasteiger partial charge is 0.487 e. The highest BCUT2D eigenvalue weighted by Crippen LogP contribution is 2.22. The number of ether oxygens (including phenoxy) is 1. The molecule has 1 unspecified atom stereocenters. The molecule has 0 aliphatic carbocycles. The van der Waals surface area contributed by atoms with Crippen LogP contribution in [0.15, 0.2) is 59.8 Å². The summed E-state index contributed by atoms with van der Waals surface area (Å²) < 4.78 is 7.20. The zero-order chi connectivity index (χ0) is 20.2. The third-order valence-corrected chi connectivity index (χ3v) is 5.24. The average molecular weight is 412 g/mol. The van der Waals surface area contributed by atoms with Crippen molar-refractivity contribution in [2.75, 3.05) is 24.5 Å². The first kappa shape index (κ1) is 19.4. The molecule has 0 saturated carbocycles. The molecule has 4 heterocycles. The van der Waals surface area contributed by atoms with Crippen LogP contribution in [0, 0.1) is 5.92 Å². The summed E-state index contributed by atoms with van der Waals surface area (Å²) in [6.45, 7) is 2.85. The maximum Gasteiger partial charge on any atom is 0.258 e. The van der Waals surface area contributed by atoms with Gasteiger partial charge in [-0.3, -0.25) is 14.3 Å². The third kappa shape index (κ3) is 4.58. The Morgan fingerprint density at radius 1 is 1.17 bits per heavy atom. The van der Waals surface area contributed by atoms with Crippen LogP contribution < -0.4 is 20.9 Å². The van der Waals surface area contributed by atoms with Crippen molar-refractivity contribution in [3.05, 3.63) is 76.1 Å². The van der Waals surface area contributed by atoms with Crippen molar-refractivity contribution in [2.45, 2.75) is 13.0 Å². The van der Waals surface area contributed by atoms with E-state index in [1.807, 2.05) is 12.1 Å². The molecule has 3 aromatic heterocycles. The molecule has 8 heteroatoms.